The van der Waals surface area contributed by atoms with Gasteiger partial charge in [0.25, 0.3) is 0 Å². The van der Waals surface area contributed by atoms with Gasteiger partial charge in [-0.3, -0.25) is 47.9 Å². The number of ether oxygens (including phenoxy) is 3. The average Bonchev–Trinajstić information content (AvgIpc) is 3.44. The minimum atomic E-state index is -3.45. The van der Waals surface area contributed by atoms with Crippen LogP contribution in [0.25, 0.3) is 0 Å². The highest BCUT2D eigenvalue weighted by Gasteiger charge is 2.19. The smallest absolute Gasteiger partial charge is 0.409 e. The molecule has 0 aromatic rings. The quantitative estimate of drug-likeness (QED) is 0.0363. The largest absolute Gasteiger partial charge is 0.447 e. The Kier molecular flexibility index (Phi) is 46.0. The maximum Gasteiger partial charge on any atom is 0.409 e. The summed E-state index contributed by atoms with van der Waals surface area (Å²) in [5.74, 6) is -3.90. The van der Waals surface area contributed by atoms with Crippen LogP contribution in [0.15, 0.2) is 0 Å². The van der Waals surface area contributed by atoms with Crippen LogP contribution in [0.4, 0.5) is 9.59 Å². The molecule has 10 amide bonds. The van der Waals surface area contributed by atoms with Crippen LogP contribution in [0.3, 0.4) is 0 Å². The van der Waals surface area contributed by atoms with Gasteiger partial charge in [-0.15, -0.1) is 0 Å². The lowest BCUT2D eigenvalue weighted by atomic mass is 10.2. The molecule has 0 spiro atoms. The summed E-state index contributed by atoms with van der Waals surface area (Å²) in [7, 11) is -6.90. The van der Waals surface area contributed by atoms with Gasteiger partial charge in [0.15, 0.2) is 29.9 Å². The molecule has 0 aliphatic rings. The third-order valence-electron chi connectivity index (χ3n) is 11.4. The second-order valence-electron chi connectivity index (χ2n) is 19.6. The van der Waals surface area contributed by atoms with Gasteiger partial charge in [-0.1, -0.05) is 49.2 Å². The number of rotatable bonds is 50. The number of hydrogen-bond acceptors (Lipinski definition) is 21. The Morgan fingerprint density at radius 3 is 0.859 bits per heavy atom. The second-order valence-corrected chi connectivity index (χ2v) is 26.1. The van der Waals surface area contributed by atoms with Gasteiger partial charge in [-0.2, -0.15) is 0 Å². The summed E-state index contributed by atoms with van der Waals surface area (Å²) in [5, 5.41) is 21.2. The van der Waals surface area contributed by atoms with E-state index in [0.29, 0.717) is 90.1 Å². The molecular weight excluding hydrogens is 1200 g/mol. The Balaban J connectivity index is 5.21. The first-order valence-corrected chi connectivity index (χ1v) is 34.5. The van der Waals surface area contributed by atoms with Gasteiger partial charge in [-0.05, 0) is 51.4 Å². The van der Waals surface area contributed by atoms with Gasteiger partial charge in [0.2, 0.25) is 47.3 Å². The number of carbonyl (C=O) groups excluding carboxylic acids is 12. The van der Waals surface area contributed by atoms with E-state index in [0.717, 1.165) is 36.0 Å². The molecule has 0 aliphatic heterocycles. The van der Waals surface area contributed by atoms with Gasteiger partial charge in [0.1, 0.15) is 24.7 Å². The van der Waals surface area contributed by atoms with Crippen LogP contribution in [-0.2, 0) is 81.8 Å². The molecule has 8 N–H and O–H groups in total. The lowest BCUT2D eigenvalue weighted by molar-refractivity contribution is -0.122. The van der Waals surface area contributed by atoms with Crippen LogP contribution in [0.1, 0.15) is 117 Å². The molecule has 0 rings (SSSR count). The highest BCUT2D eigenvalue weighted by atomic mass is 32.2. The Hall–Kier alpha value is -5.80. The van der Waals surface area contributed by atoms with E-state index in [9.17, 15) is 74.4 Å². The predicted molar refractivity (Wildman–Crippen MR) is 320 cm³/mol. The normalized spacial score (nSPS) is 11.1. The summed E-state index contributed by atoms with van der Waals surface area (Å²) in [4.78, 5) is 148. The van der Waals surface area contributed by atoms with E-state index in [-0.39, 0.29) is 175 Å². The zero-order valence-corrected chi connectivity index (χ0v) is 53.0. The number of carbonyl (C=O) groups is 12. The van der Waals surface area contributed by atoms with E-state index in [1.54, 1.807) is 0 Å². The summed E-state index contributed by atoms with van der Waals surface area (Å²) in [6.07, 6.45) is 8.04. The molecule has 0 bridgehead atoms. The molecular formula is C52H92N10O19S4. The molecule has 33 heteroatoms. The van der Waals surface area contributed by atoms with Gasteiger partial charge < -0.3 is 66.5 Å². The van der Waals surface area contributed by atoms with Crippen molar-refractivity contribution in [3.05, 3.63) is 0 Å². The summed E-state index contributed by atoms with van der Waals surface area (Å²) < 4.78 is 61.5. The van der Waals surface area contributed by atoms with E-state index in [4.69, 9.17) is 14.2 Å². The van der Waals surface area contributed by atoms with E-state index in [1.807, 2.05) is 0 Å². The molecule has 488 valence electrons. The number of thioether (sulfide) groups is 2. The first kappa shape index (κ1) is 79.2. The topological polar surface area (TPSA) is 404 Å². The van der Waals surface area contributed by atoms with Gasteiger partial charge >= 0.3 is 12.2 Å². The van der Waals surface area contributed by atoms with Crippen molar-refractivity contribution in [1.82, 2.24) is 52.3 Å². The molecule has 0 aromatic carbocycles. The van der Waals surface area contributed by atoms with E-state index >= 15 is 0 Å². The molecule has 0 radical (unpaired) electrons. The average molecular weight is 1290 g/mol. The lowest BCUT2D eigenvalue weighted by Crippen LogP contribution is -2.43. The third-order valence-corrected chi connectivity index (χ3v) is 14.6. The summed E-state index contributed by atoms with van der Waals surface area (Å²) >= 11 is 1.85. The van der Waals surface area contributed by atoms with Crippen molar-refractivity contribution in [2.24, 2.45) is 0 Å². The van der Waals surface area contributed by atoms with Crippen molar-refractivity contribution in [1.29, 1.82) is 0 Å². The first-order valence-electron chi connectivity index (χ1n) is 28.4. The van der Waals surface area contributed by atoms with Crippen LogP contribution in [0.5, 0.6) is 0 Å². The monoisotopic (exact) mass is 1290 g/mol. The second kappa shape index (κ2) is 49.3. The summed E-state index contributed by atoms with van der Waals surface area (Å²) in [6.45, 7) is 3.85. The highest BCUT2D eigenvalue weighted by Crippen LogP contribution is 2.06. The predicted octanol–water partition coefficient (Wildman–Crippen LogP) is -0.300. The minimum absolute atomic E-state index is 0.0122. The number of unbranched alkanes of at least 4 members (excludes halogenated alkanes) is 8. The van der Waals surface area contributed by atoms with Gasteiger partial charge in [0.05, 0.1) is 24.7 Å². The fourth-order valence-electron chi connectivity index (χ4n) is 7.20. The van der Waals surface area contributed by atoms with Crippen LogP contribution < -0.4 is 42.5 Å². The fourth-order valence-corrected chi connectivity index (χ4v) is 9.23. The van der Waals surface area contributed by atoms with Crippen LogP contribution >= 0.6 is 23.5 Å². The minimum Gasteiger partial charge on any atom is -0.447 e. The number of amides is 10. The number of hydrogen-bond donors (Lipinski definition) is 8. The zero-order chi connectivity index (χ0) is 63.7. The number of nitrogens with zero attached hydrogens (tertiary/aromatic N) is 2. The summed E-state index contributed by atoms with van der Waals surface area (Å²) in [6, 6.07) is 0. The Morgan fingerprint density at radius 1 is 0.341 bits per heavy atom. The van der Waals surface area contributed by atoms with E-state index < -0.39 is 55.2 Å². The fraction of sp³-hybridized carbons (Fsp3) is 0.769. The number of nitrogens with one attached hydrogen (secondary N) is 8. The number of sulfone groups is 2. The third kappa shape index (κ3) is 53.4. The van der Waals surface area contributed by atoms with Crippen molar-refractivity contribution < 1.29 is 88.6 Å². The SMILES string of the molecule is CC(=O)SCC(=O)NCCCCCC(=O)NCCN(CCNC(=O)CCCCCNC(=O)CSC(C)=O)C(=O)OCCOCCOC(=O)N(CCNC(=O)CCCCCNC(=O)CS(C)(=O)=O)CCNC(=O)CCCCCNC(=O)CS(C)(=O)=O. The molecule has 0 saturated carbocycles. The highest BCUT2D eigenvalue weighted by molar-refractivity contribution is 8.14. The van der Waals surface area contributed by atoms with Crippen molar-refractivity contribution in [2.45, 2.75) is 117 Å². The van der Waals surface area contributed by atoms with Crippen molar-refractivity contribution in [3.8, 4) is 0 Å². The van der Waals surface area contributed by atoms with Crippen molar-refractivity contribution in [3.63, 3.8) is 0 Å². The Morgan fingerprint density at radius 2 is 0.600 bits per heavy atom. The van der Waals surface area contributed by atoms with E-state index in [1.165, 1.54) is 23.6 Å². The molecule has 85 heavy (non-hydrogen) atoms. The zero-order valence-electron chi connectivity index (χ0n) is 49.7. The lowest BCUT2D eigenvalue weighted by Gasteiger charge is -2.23. The van der Waals surface area contributed by atoms with E-state index in [2.05, 4.69) is 42.5 Å². The molecule has 0 fully saturated rings. The maximum absolute atomic E-state index is 13.2. The standard InChI is InChI=1S/C52H92N10O19S4/c1-41(63)82-37-47(69)53-21-13-5-9-17-43(65)57-25-29-61(30-26-58-44(66)18-10-6-14-22-54-48(70)38-83-42(2)64)51(73)80-35-33-79-34-36-81-52(74)62(31-27-59-45(67)19-11-7-15-23-55-49(71)39-84(3,75)76)32-28-60-46(68)20-12-8-16-24-56-50(72)40-85(4,77)78/h5-40H2,1-4H3,(H,53,69)(H,54,70)(H,55,71)(H,56,72)(H,57,65)(H,58,66)(H,59,67)(H,60,68). The maximum atomic E-state index is 13.2. The van der Waals surface area contributed by atoms with Crippen molar-refractivity contribution in [2.75, 3.05) is 140 Å². The van der Waals surface area contributed by atoms with Gasteiger partial charge in [0, 0.05) is 131 Å². The van der Waals surface area contributed by atoms with Crippen LogP contribution in [-0.4, -0.2) is 237 Å². The van der Waals surface area contributed by atoms with Gasteiger partial charge in [-0.25, -0.2) is 26.4 Å². The van der Waals surface area contributed by atoms with Crippen LogP contribution in [0, 0.1) is 0 Å². The molecule has 0 unspecified atom stereocenters. The summed E-state index contributed by atoms with van der Waals surface area (Å²) in [5.41, 5.74) is 0. The molecule has 0 aliphatic carbocycles. The molecule has 0 saturated heterocycles. The van der Waals surface area contributed by atoms with Crippen LogP contribution in [0.2, 0.25) is 0 Å². The first-order chi connectivity index (χ1) is 40.3. The molecule has 0 aromatic heterocycles. The molecule has 29 nitrogen and oxygen atoms in total. The van der Waals surface area contributed by atoms with Crippen molar-refractivity contribution >= 4 is 113 Å². The Labute approximate surface area is 508 Å². The molecule has 0 atom stereocenters. The Bertz CT molecular complexity index is 2180. The molecule has 0 heterocycles.